The average Bonchev–Trinajstić information content (AvgIpc) is 3.53. The second-order valence-corrected chi connectivity index (χ2v) is 6.96. The molecule has 0 aliphatic heterocycles. The second-order valence-electron chi connectivity index (χ2n) is 6.07. The van der Waals surface area contributed by atoms with Gasteiger partial charge in [0.2, 0.25) is 17.5 Å². The minimum absolute atomic E-state index is 0.0453. The third-order valence-corrected chi connectivity index (χ3v) is 5.03. The molecular formula is C18H16N6O6S. The first-order valence-electron chi connectivity index (χ1n) is 8.78. The first-order valence-corrected chi connectivity index (χ1v) is 9.66. The number of benzene rings is 1. The van der Waals surface area contributed by atoms with Crippen LogP contribution in [0.15, 0.2) is 34.3 Å². The van der Waals surface area contributed by atoms with Gasteiger partial charge in [0, 0.05) is 17.1 Å². The van der Waals surface area contributed by atoms with Crippen LogP contribution >= 0.6 is 11.3 Å². The molecule has 3 heterocycles. The number of ether oxygens (including phenoxy) is 3. The van der Waals surface area contributed by atoms with E-state index < -0.39 is 4.92 Å². The number of rotatable bonds is 8. The number of nitro groups is 1. The Kier molecular flexibility index (Phi) is 5.49. The molecule has 31 heavy (non-hydrogen) atoms. The van der Waals surface area contributed by atoms with Crippen LogP contribution in [0.1, 0.15) is 5.89 Å². The number of thiazole rings is 1. The van der Waals surface area contributed by atoms with E-state index >= 15 is 0 Å². The summed E-state index contributed by atoms with van der Waals surface area (Å²) < 4.78 is 23.1. The van der Waals surface area contributed by atoms with Gasteiger partial charge in [-0.15, -0.1) is 21.5 Å². The van der Waals surface area contributed by atoms with Crippen molar-refractivity contribution >= 4 is 17.0 Å². The van der Waals surface area contributed by atoms with Crippen LogP contribution < -0.4 is 14.2 Å². The van der Waals surface area contributed by atoms with Crippen LogP contribution in [-0.2, 0) is 6.54 Å². The maximum absolute atomic E-state index is 11.4. The fourth-order valence-electron chi connectivity index (χ4n) is 2.90. The Morgan fingerprint density at radius 2 is 1.90 bits per heavy atom. The van der Waals surface area contributed by atoms with E-state index in [1.165, 1.54) is 43.5 Å². The van der Waals surface area contributed by atoms with Crippen LogP contribution in [0.4, 0.5) is 5.69 Å². The van der Waals surface area contributed by atoms with Crippen LogP contribution in [0, 0.1) is 10.1 Å². The molecule has 0 bridgehead atoms. The van der Waals surface area contributed by atoms with Crippen molar-refractivity contribution in [3.8, 4) is 39.4 Å². The molecule has 0 radical (unpaired) electrons. The van der Waals surface area contributed by atoms with Gasteiger partial charge in [-0.2, -0.15) is 5.10 Å². The first kappa shape index (κ1) is 20.3. The molecule has 0 spiro atoms. The molecule has 4 aromatic rings. The van der Waals surface area contributed by atoms with E-state index in [1.54, 1.807) is 23.7 Å². The third kappa shape index (κ3) is 3.90. The lowest BCUT2D eigenvalue weighted by atomic mass is 10.2. The minimum Gasteiger partial charge on any atom is -0.493 e. The van der Waals surface area contributed by atoms with E-state index in [0.29, 0.717) is 27.8 Å². The molecule has 0 aliphatic carbocycles. The lowest BCUT2D eigenvalue weighted by Gasteiger charge is -2.12. The average molecular weight is 444 g/mol. The normalized spacial score (nSPS) is 10.8. The summed E-state index contributed by atoms with van der Waals surface area (Å²) in [5.41, 5.74) is 0.590. The molecule has 13 heteroatoms. The highest BCUT2D eigenvalue weighted by atomic mass is 32.1. The Labute approximate surface area is 179 Å². The van der Waals surface area contributed by atoms with Gasteiger partial charge in [-0.3, -0.25) is 14.8 Å². The van der Waals surface area contributed by atoms with E-state index in [2.05, 4.69) is 20.3 Å². The summed E-state index contributed by atoms with van der Waals surface area (Å²) in [6.45, 7) is 0.0453. The molecule has 0 fully saturated rings. The van der Waals surface area contributed by atoms with Gasteiger partial charge in [-0.05, 0) is 12.1 Å². The Morgan fingerprint density at radius 1 is 1.16 bits per heavy atom. The lowest BCUT2D eigenvalue weighted by molar-refractivity contribution is -0.384. The molecule has 1 aromatic carbocycles. The van der Waals surface area contributed by atoms with Gasteiger partial charge < -0.3 is 18.6 Å². The highest BCUT2D eigenvalue weighted by molar-refractivity contribution is 7.13. The van der Waals surface area contributed by atoms with Crippen molar-refractivity contribution in [1.29, 1.82) is 0 Å². The Hall–Kier alpha value is -4.00. The molecule has 0 saturated heterocycles. The predicted molar refractivity (Wildman–Crippen MR) is 108 cm³/mol. The van der Waals surface area contributed by atoms with Crippen molar-refractivity contribution in [3.63, 3.8) is 0 Å². The summed E-state index contributed by atoms with van der Waals surface area (Å²) >= 11 is 1.26. The zero-order valence-electron chi connectivity index (χ0n) is 16.6. The molecular weight excluding hydrogens is 428 g/mol. The molecule has 0 aliphatic rings. The van der Waals surface area contributed by atoms with Crippen LogP contribution in [0.25, 0.3) is 22.2 Å². The van der Waals surface area contributed by atoms with Crippen molar-refractivity contribution in [3.05, 3.63) is 45.9 Å². The highest BCUT2D eigenvalue weighted by Crippen LogP contribution is 2.41. The van der Waals surface area contributed by atoms with Gasteiger partial charge in [-0.25, -0.2) is 4.98 Å². The zero-order chi connectivity index (χ0) is 22.0. The Morgan fingerprint density at radius 3 is 2.48 bits per heavy atom. The molecule has 0 N–H and O–H groups in total. The molecule has 0 unspecified atom stereocenters. The van der Waals surface area contributed by atoms with Gasteiger partial charge >= 0.3 is 5.69 Å². The van der Waals surface area contributed by atoms with Gasteiger partial charge in [0.15, 0.2) is 22.2 Å². The van der Waals surface area contributed by atoms with Crippen molar-refractivity contribution in [2.45, 2.75) is 6.54 Å². The van der Waals surface area contributed by atoms with Gasteiger partial charge in [0.1, 0.15) is 12.7 Å². The fraction of sp³-hybridized carbons (Fsp3) is 0.222. The SMILES string of the molecule is COc1cc(-c2nnc(Cn3cc([N+](=O)[O-])c(-c4nccs4)n3)o2)cc(OC)c1OC. The quantitative estimate of drug-likeness (QED) is 0.294. The summed E-state index contributed by atoms with van der Waals surface area (Å²) in [4.78, 5) is 15.0. The summed E-state index contributed by atoms with van der Waals surface area (Å²) in [7, 11) is 4.52. The Balaban J connectivity index is 1.64. The molecule has 160 valence electrons. The summed E-state index contributed by atoms with van der Waals surface area (Å²) in [5.74, 6) is 1.75. The van der Waals surface area contributed by atoms with Crippen molar-refractivity contribution in [2.24, 2.45) is 0 Å². The third-order valence-electron chi connectivity index (χ3n) is 4.25. The topological polar surface area (TPSA) is 140 Å². The maximum atomic E-state index is 11.4. The summed E-state index contributed by atoms with van der Waals surface area (Å²) in [6, 6.07) is 3.36. The van der Waals surface area contributed by atoms with Crippen LogP contribution in [0.3, 0.4) is 0 Å². The lowest BCUT2D eigenvalue weighted by Crippen LogP contribution is -2.00. The fourth-order valence-corrected chi connectivity index (χ4v) is 3.52. The number of nitrogens with zero attached hydrogens (tertiary/aromatic N) is 6. The van der Waals surface area contributed by atoms with Gasteiger partial charge in [0.05, 0.1) is 26.3 Å². The molecule has 0 amide bonds. The maximum Gasteiger partial charge on any atom is 0.317 e. The van der Waals surface area contributed by atoms with E-state index in [-0.39, 0.29) is 29.7 Å². The minimum atomic E-state index is -0.505. The summed E-state index contributed by atoms with van der Waals surface area (Å²) in [5, 5.41) is 25.9. The van der Waals surface area contributed by atoms with Crippen LogP contribution in [-0.4, -0.2) is 51.2 Å². The number of aromatic nitrogens is 5. The standard InChI is InChI=1S/C18H16N6O6S/c1-27-12-6-10(7-13(28-2)16(12)29-3)17-21-20-14(30-17)9-23-8-11(24(25)26)15(22-23)18-19-4-5-31-18/h4-8H,9H2,1-3H3. The number of methoxy groups -OCH3 is 3. The molecule has 0 atom stereocenters. The molecule has 12 nitrogen and oxygen atoms in total. The predicted octanol–water partition coefficient (Wildman–Crippen LogP) is 3.04. The number of hydrogen-bond acceptors (Lipinski definition) is 11. The van der Waals surface area contributed by atoms with E-state index in [0.717, 1.165) is 0 Å². The van der Waals surface area contributed by atoms with E-state index in [1.807, 2.05) is 0 Å². The zero-order valence-corrected chi connectivity index (χ0v) is 17.5. The molecule has 3 aromatic heterocycles. The summed E-state index contributed by atoms with van der Waals surface area (Å²) in [6.07, 6.45) is 2.87. The van der Waals surface area contributed by atoms with E-state index in [4.69, 9.17) is 18.6 Å². The highest BCUT2D eigenvalue weighted by Gasteiger charge is 2.24. The van der Waals surface area contributed by atoms with Crippen molar-refractivity contribution < 1.29 is 23.6 Å². The second kappa shape index (κ2) is 8.39. The van der Waals surface area contributed by atoms with Gasteiger partial charge in [-0.1, -0.05) is 0 Å². The van der Waals surface area contributed by atoms with E-state index in [9.17, 15) is 10.1 Å². The van der Waals surface area contributed by atoms with Crippen molar-refractivity contribution in [2.75, 3.05) is 21.3 Å². The van der Waals surface area contributed by atoms with Gasteiger partial charge in [0.25, 0.3) is 0 Å². The largest absolute Gasteiger partial charge is 0.493 e. The Bertz CT molecular complexity index is 1190. The molecule has 0 saturated carbocycles. The molecule has 4 rings (SSSR count). The first-order chi connectivity index (χ1) is 15.0. The van der Waals surface area contributed by atoms with Crippen molar-refractivity contribution in [1.82, 2.24) is 25.0 Å². The monoisotopic (exact) mass is 444 g/mol. The van der Waals surface area contributed by atoms with Crippen LogP contribution in [0.5, 0.6) is 17.2 Å². The van der Waals surface area contributed by atoms with Crippen LogP contribution in [0.2, 0.25) is 0 Å². The smallest absolute Gasteiger partial charge is 0.317 e. The number of hydrogen-bond donors (Lipinski definition) is 0.